The topological polar surface area (TPSA) is 57.6 Å². The Hall–Kier alpha value is -2.20. The SMILES string of the molecule is O=C(CO)CN1C(=O)c2cccc3cccc1c23. The summed E-state index contributed by atoms with van der Waals surface area (Å²) < 4.78 is 0. The van der Waals surface area contributed by atoms with Crippen LogP contribution in [0.4, 0.5) is 5.69 Å². The normalized spacial score (nSPS) is 13.4. The molecule has 1 aliphatic heterocycles. The van der Waals surface area contributed by atoms with E-state index >= 15 is 0 Å². The van der Waals surface area contributed by atoms with Gasteiger partial charge in [0.15, 0.2) is 5.78 Å². The van der Waals surface area contributed by atoms with Gasteiger partial charge in [0.1, 0.15) is 6.61 Å². The van der Waals surface area contributed by atoms with Gasteiger partial charge in [0, 0.05) is 10.9 Å². The Bertz CT molecular complexity index is 658. The average molecular weight is 241 g/mol. The molecular formula is C14H11NO3. The monoisotopic (exact) mass is 241 g/mol. The van der Waals surface area contributed by atoms with Gasteiger partial charge in [-0.15, -0.1) is 0 Å². The van der Waals surface area contributed by atoms with E-state index in [1.165, 1.54) is 4.90 Å². The summed E-state index contributed by atoms with van der Waals surface area (Å²) in [5.41, 5.74) is 1.36. The standard InChI is InChI=1S/C14H11NO3/c16-8-10(17)7-15-12-6-2-4-9-3-1-5-11(13(9)12)14(15)18/h1-6,16H,7-8H2. The van der Waals surface area contributed by atoms with Crippen LogP contribution in [-0.2, 0) is 4.79 Å². The van der Waals surface area contributed by atoms with Gasteiger partial charge in [-0.2, -0.15) is 0 Å². The van der Waals surface area contributed by atoms with Crippen molar-refractivity contribution in [3.63, 3.8) is 0 Å². The summed E-state index contributed by atoms with van der Waals surface area (Å²) in [5.74, 6) is -0.545. The summed E-state index contributed by atoms with van der Waals surface area (Å²) in [4.78, 5) is 25.0. The molecule has 4 heteroatoms. The molecule has 4 nitrogen and oxygen atoms in total. The van der Waals surface area contributed by atoms with Crippen LogP contribution in [0.3, 0.4) is 0 Å². The number of amides is 1. The number of ketones is 1. The highest BCUT2D eigenvalue weighted by atomic mass is 16.3. The molecule has 18 heavy (non-hydrogen) atoms. The van der Waals surface area contributed by atoms with Crippen molar-refractivity contribution in [2.45, 2.75) is 0 Å². The van der Waals surface area contributed by atoms with Crippen molar-refractivity contribution >= 4 is 28.2 Å². The molecule has 0 fully saturated rings. The molecule has 0 aromatic heterocycles. The number of anilines is 1. The fourth-order valence-corrected chi connectivity index (χ4v) is 2.36. The van der Waals surface area contributed by atoms with Gasteiger partial charge >= 0.3 is 0 Å². The second-order valence-corrected chi connectivity index (χ2v) is 4.27. The zero-order valence-corrected chi connectivity index (χ0v) is 9.59. The zero-order valence-electron chi connectivity index (χ0n) is 9.59. The largest absolute Gasteiger partial charge is 0.389 e. The van der Waals surface area contributed by atoms with E-state index in [0.717, 1.165) is 16.5 Å². The molecule has 0 atom stereocenters. The number of carbonyl (C=O) groups is 2. The lowest BCUT2D eigenvalue weighted by Gasteiger charge is -2.15. The van der Waals surface area contributed by atoms with Crippen LogP contribution >= 0.6 is 0 Å². The molecule has 1 heterocycles. The Kier molecular flexibility index (Phi) is 2.38. The van der Waals surface area contributed by atoms with Gasteiger partial charge in [0.25, 0.3) is 5.91 Å². The molecule has 2 aromatic carbocycles. The molecular weight excluding hydrogens is 230 g/mol. The summed E-state index contributed by atoms with van der Waals surface area (Å²) in [6.45, 7) is -0.626. The number of nitrogens with zero attached hydrogens (tertiary/aromatic N) is 1. The predicted molar refractivity (Wildman–Crippen MR) is 67.7 cm³/mol. The Balaban J connectivity index is 2.16. The third kappa shape index (κ3) is 1.43. The van der Waals surface area contributed by atoms with Gasteiger partial charge in [0.05, 0.1) is 12.2 Å². The third-order valence-corrected chi connectivity index (χ3v) is 3.16. The van der Waals surface area contributed by atoms with Gasteiger partial charge in [-0.3, -0.25) is 9.59 Å². The first kappa shape index (κ1) is 10.9. The maximum atomic E-state index is 12.2. The first-order chi connectivity index (χ1) is 8.72. The molecule has 2 aromatic rings. The minimum Gasteiger partial charge on any atom is -0.389 e. The van der Waals surface area contributed by atoms with Gasteiger partial charge in [0.2, 0.25) is 0 Å². The van der Waals surface area contributed by atoms with E-state index in [1.807, 2.05) is 30.3 Å². The smallest absolute Gasteiger partial charge is 0.259 e. The summed E-state index contributed by atoms with van der Waals surface area (Å²) in [5, 5.41) is 10.7. The van der Waals surface area contributed by atoms with Crippen LogP contribution in [-0.4, -0.2) is 29.9 Å². The number of rotatable bonds is 3. The van der Waals surface area contributed by atoms with Crippen LogP contribution in [0.15, 0.2) is 36.4 Å². The van der Waals surface area contributed by atoms with Crippen LogP contribution in [0.2, 0.25) is 0 Å². The van der Waals surface area contributed by atoms with Crippen molar-refractivity contribution in [1.82, 2.24) is 0 Å². The Morgan fingerprint density at radius 3 is 2.61 bits per heavy atom. The van der Waals surface area contributed by atoms with E-state index in [4.69, 9.17) is 5.11 Å². The number of hydrogen-bond donors (Lipinski definition) is 1. The number of Topliss-reactive ketones (excluding diaryl/α,β-unsaturated/α-hetero) is 1. The maximum absolute atomic E-state index is 12.2. The molecule has 0 radical (unpaired) electrons. The number of aliphatic hydroxyl groups is 1. The summed E-state index contributed by atoms with van der Waals surface area (Å²) in [6.07, 6.45) is 0. The highest BCUT2D eigenvalue weighted by Crippen LogP contribution is 2.36. The lowest BCUT2D eigenvalue weighted by molar-refractivity contribution is -0.120. The molecule has 1 aliphatic rings. The lowest BCUT2D eigenvalue weighted by atomic mass is 10.1. The highest BCUT2D eigenvalue weighted by Gasteiger charge is 2.30. The van der Waals surface area contributed by atoms with E-state index in [-0.39, 0.29) is 18.2 Å². The second-order valence-electron chi connectivity index (χ2n) is 4.27. The minimum absolute atomic E-state index is 0.0802. The van der Waals surface area contributed by atoms with Gasteiger partial charge in [-0.25, -0.2) is 0 Å². The van der Waals surface area contributed by atoms with Crippen molar-refractivity contribution in [1.29, 1.82) is 0 Å². The molecule has 1 N–H and O–H groups in total. The third-order valence-electron chi connectivity index (χ3n) is 3.16. The van der Waals surface area contributed by atoms with Crippen molar-refractivity contribution in [2.75, 3.05) is 18.1 Å². The quantitative estimate of drug-likeness (QED) is 0.882. The van der Waals surface area contributed by atoms with Crippen LogP contribution in [0.1, 0.15) is 10.4 Å². The molecule has 0 saturated heterocycles. The maximum Gasteiger partial charge on any atom is 0.259 e. The van der Waals surface area contributed by atoms with E-state index in [0.29, 0.717) is 5.56 Å². The molecule has 0 unspecified atom stereocenters. The summed E-state index contributed by atoms with van der Waals surface area (Å²) in [6, 6.07) is 11.1. The summed E-state index contributed by atoms with van der Waals surface area (Å²) >= 11 is 0. The van der Waals surface area contributed by atoms with Crippen molar-refractivity contribution in [2.24, 2.45) is 0 Å². The molecule has 0 spiro atoms. The zero-order chi connectivity index (χ0) is 12.7. The minimum atomic E-state index is -0.546. The van der Waals surface area contributed by atoms with E-state index in [9.17, 15) is 9.59 Å². The second kappa shape index (κ2) is 3.92. The molecule has 3 rings (SSSR count). The van der Waals surface area contributed by atoms with Crippen LogP contribution < -0.4 is 4.90 Å². The molecule has 0 saturated carbocycles. The fourth-order valence-electron chi connectivity index (χ4n) is 2.36. The van der Waals surface area contributed by atoms with Crippen LogP contribution in [0.25, 0.3) is 10.8 Å². The molecule has 0 aliphatic carbocycles. The van der Waals surface area contributed by atoms with E-state index in [1.54, 1.807) is 6.07 Å². The first-order valence-corrected chi connectivity index (χ1v) is 5.68. The van der Waals surface area contributed by atoms with Gasteiger partial charge < -0.3 is 10.0 Å². The van der Waals surface area contributed by atoms with Crippen molar-refractivity contribution in [3.05, 3.63) is 42.0 Å². The van der Waals surface area contributed by atoms with Crippen LogP contribution in [0.5, 0.6) is 0 Å². The van der Waals surface area contributed by atoms with Gasteiger partial charge in [-0.05, 0) is 17.5 Å². The number of hydrogen-bond acceptors (Lipinski definition) is 3. The van der Waals surface area contributed by atoms with Gasteiger partial charge in [-0.1, -0.05) is 24.3 Å². The van der Waals surface area contributed by atoms with Crippen molar-refractivity contribution in [3.8, 4) is 0 Å². The highest BCUT2D eigenvalue weighted by molar-refractivity contribution is 6.26. The van der Waals surface area contributed by atoms with E-state index < -0.39 is 6.61 Å². The molecule has 1 amide bonds. The van der Waals surface area contributed by atoms with Crippen LogP contribution in [0, 0.1) is 0 Å². The molecule has 0 bridgehead atoms. The predicted octanol–water partition coefficient (Wildman–Crippen LogP) is 1.36. The summed E-state index contributed by atoms with van der Waals surface area (Å²) in [7, 11) is 0. The van der Waals surface area contributed by atoms with Crippen molar-refractivity contribution < 1.29 is 14.7 Å². The number of benzene rings is 2. The van der Waals surface area contributed by atoms with E-state index in [2.05, 4.69) is 0 Å². The number of carbonyl (C=O) groups excluding carboxylic acids is 2. The lowest BCUT2D eigenvalue weighted by Crippen LogP contribution is -2.33. The Morgan fingerprint density at radius 2 is 1.89 bits per heavy atom. The Morgan fingerprint density at radius 1 is 1.17 bits per heavy atom. The molecule has 90 valence electrons. The number of aliphatic hydroxyl groups excluding tert-OH is 1. The Labute approximate surface area is 103 Å². The average Bonchev–Trinajstić information content (AvgIpc) is 2.67. The fraction of sp³-hybridized carbons (Fsp3) is 0.143. The first-order valence-electron chi connectivity index (χ1n) is 5.68.